The minimum Gasteiger partial charge on any atom is -0.478 e. The van der Waals surface area contributed by atoms with Crippen molar-refractivity contribution in [1.29, 1.82) is 0 Å². The highest BCUT2D eigenvalue weighted by Crippen LogP contribution is 2.17. The Labute approximate surface area is 124 Å². The number of nitrogens with one attached hydrogen (secondary N) is 2. The van der Waals surface area contributed by atoms with Gasteiger partial charge in [-0.05, 0) is 62.7 Å². The van der Waals surface area contributed by atoms with E-state index in [1.54, 1.807) is 12.1 Å². The lowest BCUT2D eigenvalue weighted by Gasteiger charge is -2.23. The van der Waals surface area contributed by atoms with Crippen molar-refractivity contribution in [2.75, 3.05) is 19.6 Å². The molecule has 0 spiro atoms. The number of carboxylic acid groups (broad SMARTS) is 1. The topological polar surface area (TPSA) is 66.3 Å². The first-order valence-corrected chi connectivity index (χ1v) is 7.47. The van der Waals surface area contributed by atoms with E-state index in [4.69, 9.17) is 5.11 Å². The van der Waals surface area contributed by atoms with Gasteiger partial charge in [-0.1, -0.05) is 0 Å². The van der Waals surface area contributed by atoms with Gasteiger partial charge in [0.15, 0.2) is 0 Å². The number of rotatable bonds is 5. The zero-order valence-corrected chi connectivity index (χ0v) is 12.0. The molecule has 2 heterocycles. The molecule has 0 atom stereocenters. The van der Waals surface area contributed by atoms with Crippen molar-refractivity contribution < 1.29 is 9.90 Å². The van der Waals surface area contributed by atoms with Crippen LogP contribution < -0.4 is 10.6 Å². The number of aromatic nitrogens is 1. The van der Waals surface area contributed by atoms with Gasteiger partial charge in [-0.25, -0.2) is 4.79 Å². The van der Waals surface area contributed by atoms with E-state index in [-0.39, 0.29) is 0 Å². The van der Waals surface area contributed by atoms with Crippen LogP contribution in [0.4, 0.5) is 0 Å². The smallest absolute Gasteiger partial charge is 0.335 e. The van der Waals surface area contributed by atoms with Crippen molar-refractivity contribution in [3.8, 4) is 0 Å². The van der Waals surface area contributed by atoms with Crippen molar-refractivity contribution in [2.45, 2.75) is 19.5 Å². The predicted octanol–water partition coefficient (Wildman–Crippen LogP) is 1.89. The van der Waals surface area contributed by atoms with Crippen LogP contribution in [0.5, 0.6) is 0 Å². The monoisotopic (exact) mass is 287 g/mol. The van der Waals surface area contributed by atoms with E-state index in [0.29, 0.717) is 5.56 Å². The summed E-state index contributed by atoms with van der Waals surface area (Å²) in [6.07, 6.45) is 4.48. The zero-order chi connectivity index (χ0) is 14.7. The molecule has 112 valence electrons. The lowest BCUT2D eigenvalue weighted by atomic mass is 9.98. The maximum absolute atomic E-state index is 11.0. The summed E-state index contributed by atoms with van der Waals surface area (Å²) in [5.74, 6) is -0.125. The van der Waals surface area contributed by atoms with E-state index in [1.807, 2.05) is 18.3 Å². The normalized spacial score (nSPS) is 16.4. The van der Waals surface area contributed by atoms with E-state index in [9.17, 15) is 4.79 Å². The van der Waals surface area contributed by atoms with Crippen molar-refractivity contribution in [3.05, 3.63) is 36.0 Å². The quantitative estimate of drug-likeness (QED) is 0.785. The Morgan fingerprint density at radius 1 is 1.33 bits per heavy atom. The lowest BCUT2D eigenvalue weighted by Crippen LogP contribution is -2.34. The third-order valence-corrected chi connectivity index (χ3v) is 4.19. The summed E-state index contributed by atoms with van der Waals surface area (Å²) in [6, 6.07) is 7.23. The Morgan fingerprint density at radius 2 is 2.14 bits per heavy atom. The van der Waals surface area contributed by atoms with Crippen LogP contribution in [0, 0.1) is 5.92 Å². The largest absolute Gasteiger partial charge is 0.478 e. The van der Waals surface area contributed by atoms with Gasteiger partial charge >= 0.3 is 5.97 Å². The Morgan fingerprint density at radius 3 is 2.90 bits per heavy atom. The van der Waals surface area contributed by atoms with E-state index < -0.39 is 5.97 Å². The minimum atomic E-state index is -0.881. The van der Waals surface area contributed by atoms with Crippen molar-refractivity contribution >= 4 is 16.9 Å². The van der Waals surface area contributed by atoms with Gasteiger partial charge in [0.25, 0.3) is 0 Å². The summed E-state index contributed by atoms with van der Waals surface area (Å²) in [5, 5.41) is 16.9. The molecule has 3 rings (SSSR count). The molecule has 0 saturated carbocycles. The van der Waals surface area contributed by atoms with E-state index in [0.717, 1.165) is 43.1 Å². The molecule has 3 N–H and O–H groups in total. The molecule has 1 aromatic carbocycles. The zero-order valence-electron chi connectivity index (χ0n) is 12.0. The van der Waals surface area contributed by atoms with Crippen LogP contribution in [0.15, 0.2) is 30.5 Å². The molecular weight excluding hydrogens is 266 g/mol. The number of piperidine rings is 1. The SMILES string of the molecule is O=C(O)c1ccc2c(ccn2CNCC2CCNCC2)c1. The third kappa shape index (κ3) is 3.25. The second-order valence-corrected chi connectivity index (χ2v) is 5.67. The maximum atomic E-state index is 11.0. The van der Waals surface area contributed by atoms with Gasteiger partial charge in [-0.2, -0.15) is 0 Å². The number of nitrogens with zero attached hydrogens (tertiary/aromatic N) is 1. The van der Waals surface area contributed by atoms with E-state index >= 15 is 0 Å². The molecule has 1 fully saturated rings. The summed E-state index contributed by atoms with van der Waals surface area (Å²) >= 11 is 0. The van der Waals surface area contributed by atoms with Crippen LogP contribution in [0.3, 0.4) is 0 Å². The molecule has 0 unspecified atom stereocenters. The van der Waals surface area contributed by atoms with Crippen LogP contribution in [0.2, 0.25) is 0 Å². The summed E-state index contributed by atoms with van der Waals surface area (Å²) in [5.41, 5.74) is 1.40. The summed E-state index contributed by atoms with van der Waals surface area (Å²) < 4.78 is 2.13. The molecular formula is C16H21N3O2. The van der Waals surface area contributed by atoms with Crippen LogP contribution in [0.1, 0.15) is 23.2 Å². The molecule has 21 heavy (non-hydrogen) atoms. The summed E-state index contributed by atoms with van der Waals surface area (Å²) in [4.78, 5) is 11.0. The first kappa shape index (κ1) is 14.1. The van der Waals surface area contributed by atoms with Crippen LogP contribution in [-0.4, -0.2) is 35.3 Å². The van der Waals surface area contributed by atoms with Gasteiger partial charge < -0.3 is 15.0 Å². The molecule has 5 nitrogen and oxygen atoms in total. The highest BCUT2D eigenvalue weighted by atomic mass is 16.4. The summed E-state index contributed by atoms with van der Waals surface area (Å²) in [6.45, 7) is 4.04. The van der Waals surface area contributed by atoms with Gasteiger partial charge in [0.2, 0.25) is 0 Å². The molecule has 5 heteroatoms. The number of carboxylic acids is 1. The highest BCUT2D eigenvalue weighted by molar-refractivity contribution is 5.93. The predicted molar refractivity (Wildman–Crippen MR) is 82.5 cm³/mol. The Kier molecular flexibility index (Phi) is 4.22. The maximum Gasteiger partial charge on any atom is 0.335 e. The number of hydrogen-bond acceptors (Lipinski definition) is 3. The van der Waals surface area contributed by atoms with Crippen molar-refractivity contribution in [2.24, 2.45) is 5.92 Å². The first-order valence-electron chi connectivity index (χ1n) is 7.47. The second kappa shape index (κ2) is 6.28. The standard InChI is InChI=1S/C16H21N3O2/c20-16(21)14-1-2-15-13(9-14)5-8-19(15)11-18-10-12-3-6-17-7-4-12/h1-2,5,8-9,12,17-18H,3-4,6-7,10-11H2,(H,20,21). The van der Waals surface area contributed by atoms with Crippen LogP contribution in [0.25, 0.3) is 10.9 Å². The summed E-state index contributed by atoms with van der Waals surface area (Å²) in [7, 11) is 0. The molecule has 1 aliphatic heterocycles. The number of benzene rings is 1. The Bertz CT molecular complexity index is 629. The van der Waals surface area contributed by atoms with Gasteiger partial charge in [0.05, 0.1) is 12.2 Å². The fourth-order valence-electron chi connectivity index (χ4n) is 2.95. The number of hydrogen-bond donors (Lipinski definition) is 3. The van der Waals surface area contributed by atoms with Crippen molar-refractivity contribution in [3.63, 3.8) is 0 Å². The molecule has 1 aliphatic rings. The highest BCUT2D eigenvalue weighted by Gasteiger charge is 2.12. The van der Waals surface area contributed by atoms with Gasteiger partial charge in [0, 0.05) is 17.1 Å². The number of aromatic carboxylic acids is 1. The first-order chi connectivity index (χ1) is 10.2. The third-order valence-electron chi connectivity index (χ3n) is 4.19. The van der Waals surface area contributed by atoms with Gasteiger partial charge in [-0.15, -0.1) is 0 Å². The average Bonchev–Trinajstić information content (AvgIpc) is 2.91. The van der Waals surface area contributed by atoms with Gasteiger partial charge in [0.1, 0.15) is 0 Å². The second-order valence-electron chi connectivity index (χ2n) is 5.67. The lowest BCUT2D eigenvalue weighted by molar-refractivity contribution is 0.0697. The molecule has 1 aromatic heterocycles. The van der Waals surface area contributed by atoms with Crippen LogP contribution >= 0.6 is 0 Å². The number of carbonyl (C=O) groups is 1. The Hall–Kier alpha value is -1.85. The molecule has 2 aromatic rings. The molecule has 0 aliphatic carbocycles. The average molecular weight is 287 g/mol. The van der Waals surface area contributed by atoms with Crippen molar-refractivity contribution in [1.82, 2.24) is 15.2 Å². The molecule has 1 saturated heterocycles. The molecule has 0 amide bonds. The fourth-order valence-corrected chi connectivity index (χ4v) is 2.95. The van der Waals surface area contributed by atoms with E-state index in [2.05, 4.69) is 15.2 Å². The molecule has 0 radical (unpaired) electrons. The Balaban J connectivity index is 1.63. The number of fused-ring (bicyclic) bond motifs is 1. The van der Waals surface area contributed by atoms with Gasteiger partial charge in [-0.3, -0.25) is 5.32 Å². The fraction of sp³-hybridized carbons (Fsp3) is 0.438. The molecule has 0 bridgehead atoms. The van der Waals surface area contributed by atoms with Crippen LogP contribution in [-0.2, 0) is 6.67 Å². The van der Waals surface area contributed by atoms with E-state index in [1.165, 1.54) is 12.8 Å². The minimum absolute atomic E-state index is 0.336.